The monoisotopic (exact) mass is 344 g/mol. The summed E-state index contributed by atoms with van der Waals surface area (Å²) in [5, 5.41) is 0. The summed E-state index contributed by atoms with van der Waals surface area (Å²) in [6.07, 6.45) is 0. The zero-order chi connectivity index (χ0) is 18.6. The number of esters is 1. The number of aryl methyl sites for hydroxylation is 1. The van der Waals surface area contributed by atoms with E-state index >= 15 is 0 Å². The van der Waals surface area contributed by atoms with E-state index in [1.54, 1.807) is 39.8 Å². The molecule has 2 rings (SSSR count). The Hall–Kier alpha value is -2.76. The highest BCUT2D eigenvalue weighted by molar-refractivity contribution is 6.01. The van der Waals surface area contributed by atoms with Gasteiger partial charge in [0.1, 0.15) is 11.4 Å². The van der Waals surface area contributed by atoms with Gasteiger partial charge in [-0.25, -0.2) is 4.79 Å². The molecule has 0 unspecified atom stereocenters. The highest BCUT2D eigenvalue weighted by Crippen LogP contribution is 2.23. The van der Waals surface area contributed by atoms with Crippen LogP contribution < -0.4 is 4.74 Å². The summed E-state index contributed by atoms with van der Waals surface area (Å²) >= 11 is 0. The molecule has 0 atom stereocenters. The van der Waals surface area contributed by atoms with Crippen molar-refractivity contribution in [1.29, 1.82) is 0 Å². The lowest BCUT2D eigenvalue weighted by atomic mass is 10.1. The summed E-state index contributed by atoms with van der Waals surface area (Å²) < 4.78 is 10.4. The highest BCUT2D eigenvalue weighted by atomic mass is 16.5. The van der Waals surface area contributed by atoms with Crippen LogP contribution in [0.5, 0.6) is 5.75 Å². The maximum Gasteiger partial charge on any atom is 0.355 e. The fourth-order valence-corrected chi connectivity index (χ4v) is 2.83. The van der Waals surface area contributed by atoms with Gasteiger partial charge in [-0.15, -0.1) is 0 Å². The first-order valence-electron chi connectivity index (χ1n) is 8.14. The van der Waals surface area contributed by atoms with Crippen LogP contribution in [0.2, 0.25) is 0 Å². The number of para-hydroxylation sites is 1. The number of nitrogens with zero attached hydrogens (tertiary/aromatic N) is 1. The minimum atomic E-state index is -0.450. The Labute approximate surface area is 147 Å². The van der Waals surface area contributed by atoms with Crippen LogP contribution in [0, 0.1) is 13.8 Å². The fourth-order valence-electron chi connectivity index (χ4n) is 2.83. The maximum absolute atomic E-state index is 12.9. The van der Waals surface area contributed by atoms with E-state index in [4.69, 9.17) is 9.47 Å². The number of carbonyl (C=O) groups excluding carboxylic acids is 2. The maximum atomic E-state index is 12.9. The van der Waals surface area contributed by atoms with Crippen LogP contribution in [0.3, 0.4) is 0 Å². The van der Waals surface area contributed by atoms with E-state index in [0.29, 0.717) is 29.1 Å². The Balaban J connectivity index is 2.26. The van der Waals surface area contributed by atoms with Crippen molar-refractivity contribution in [2.75, 3.05) is 20.8 Å². The number of aromatic amines is 1. The van der Waals surface area contributed by atoms with Gasteiger partial charge in [0.05, 0.1) is 19.3 Å². The SMILES string of the molecule is CCOC(=O)c1[nH]c(C)c(C(=O)N(C)Cc2ccccc2OC)c1C. The molecule has 0 bridgehead atoms. The first kappa shape index (κ1) is 18.6. The molecule has 0 saturated carbocycles. The van der Waals surface area contributed by atoms with Crippen molar-refractivity contribution in [2.45, 2.75) is 27.3 Å². The molecule has 0 aliphatic carbocycles. The molecular weight excluding hydrogens is 320 g/mol. The largest absolute Gasteiger partial charge is 0.496 e. The number of benzene rings is 1. The Kier molecular flexibility index (Phi) is 5.85. The molecule has 1 N–H and O–H groups in total. The lowest BCUT2D eigenvalue weighted by Gasteiger charge is -2.19. The van der Waals surface area contributed by atoms with Gasteiger partial charge in [-0.1, -0.05) is 18.2 Å². The van der Waals surface area contributed by atoms with Crippen molar-refractivity contribution >= 4 is 11.9 Å². The van der Waals surface area contributed by atoms with Gasteiger partial charge in [0, 0.05) is 24.8 Å². The number of ether oxygens (including phenoxy) is 2. The van der Waals surface area contributed by atoms with Crippen molar-refractivity contribution < 1.29 is 19.1 Å². The van der Waals surface area contributed by atoms with Gasteiger partial charge >= 0.3 is 5.97 Å². The number of H-pyrrole nitrogens is 1. The second-order valence-corrected chi connectivity index (χ2v) is 5.82. The highest BCUT2D eigenvalue weighted by Gasteiger charge is 2.25. The normalized spacial score (nSPS) is 10.4. The predicted octanol–water partition coefficient (Wildman–Crippen LogP) is 3.09. The number of carbonyl (C=O) groups is 2. The molecule has 0 spiro atoms. The molecule has 6 heteroatoms. The summed E-state index contributed by atoms with van der Waals surface area (Å²) in [4.78, 5) is 29.5. The minimum Gasteiger partial charge on any atom is -0.496 e. The molecule has 6 nitrogen and oxygen atoms in total. The molecule has 1 heterocycles. The van der Waals surface area contributed by atoms with E-state index < -0.39 is 5.97 Å². The third-order valence-corrected chi connectivity index (χ3v) is 4.08. The number of hydrogen-bond donors (Lipinski definition) is 1. The van der Waals surface area contributed by atoms with Crippen molar-refractivity contribution in [3.63, 3.8) is 0 Å². The van der Waals surface area contributed by atoms with Crippen LogP contribution in [-0.4, -0.2) is 42.5 Å². The lowest BCUT2D eigenvalue weighted by molar-refractivity contribution is 0.0519. The molecule has 134 valence electrons. The molecule has 0 aliphatic heterocycles. The first-order valence-corrected chi connectivity index (χ1v) is 8.14. The van der Waals surface area contributed by atoms with Crippen molar-refractivity contribution in [3.05, 3.63) is 52.3 Å². The number of rotatable bonds is 6. The van der Waals surface area contributed by atoms with Crippen molar-refractivity contribution in [1.82, 2.24) is 9.88 Å². The topological polar surface area (TPSA) is 71.6 Å². The van der Waals surface area contributed by atoms with Crippen LogP contribution in [0.4, 0.5) is 0 Å². The Morgan fingerprint density at radius 1 is 1.20 bits per heavy atom. The molecule has 0 radical (unpaired) electrons. The zero-order valence-electron chi connectivity index (χ0n) is 15.3. The quantitative estimate of drug-likeness (QED) is 0.818. The van der Waals surface area contributed by atoms with E-state index in [1.807, 2.05) is 24.3 Å². The van der Waals surface area contributed by atoms with Crippen LogP contribution >= 0.6 is 0 Å². The van der Waals surface area contributed by atoms with Crippen molar-refractivity contribution in [3.8, 4) is 5.75 Å². The zero-order valence-corrected chi connectivity index (χ0v) is 15.3. The molecular formula is C19H24N2O4. The Bertz CT molecular complexity index is 780. The number of amides is 1. The fraction of sp³-hybridized carbons (Fsp3) is 0.368. The van der Waals surface area contributed by atoms with E-state index in [9.17, 15) is 9.59 Å². The number of aromatic nitrogens is 1. The Morgan fingerprint density at radius 2 is 1.88 bits per heavy atom. The average molecular weight is 344 g/mol. The molecule has 25 heavy (non-hydrogen) atoms. The van der Waals surface area contributed by atoms with Gasteiger partial charge in [0.2, 0.25) is 0 Å². The third-order valence-electron chi connectivity index (χ3n) is 4.08. The van der Waals surface area contributed by atoms with Crippen molar-refractivity contribution in [2.24, 2.45) is 0 Å². The van der Waals surface area contributed by atoms with Gasteiger partial charge in [-0.2, -0.15) is 0 Å². The predicted molar refractivity (Wildman–Crippen MR) is 95.0 cm³/mol. The van der Waals surface area contributed by atoms with Crippen LogP contribution in [-0.2, 0) is 11.3 Å². The summed E-state index contributed by atoms with van der Waals surface area (Å²) in [5.74, 6) is 0.124. The van der Waals surface area contributed by atoms with E-state index in [1.165, 1.54) is 0 Å². The smallest absolute Gasteiger partial charge is 0.355 e. The third kappa shape index (κ3) is 3.84. The number of nitrogens with one attached hydrogen (secondary N) is 1. The van der Waals surface area contributed by atoms with Crippen LogP contribution in [0.25, 0.3) is 0 Å². The molecule has 0 aliphatic rings. The van der Waals surface area contributed by atoms with Gasteiger partial charge in [-0.3, -0.25) is 4.79 Å². The number of methoxy groups -OCH3 is 1. The van der Waals surface area contributed by atoms with E-state index in [0.717, 1.165) is 11.3 Å². The second-order valence-electron chi connectivity index (χ2n) is 5.82. The molecule has 1 aromatic carbocycles. The molecule has 1 amide bonds. The molecule has 1 aromatic heterocycles. The lowest BCUT2D eigenvalue weighted by Crippen LogP contribution is -2.27. The first-order chi connectivity index (χ1) is 11.9. The van der Waals surface area contributed by atoms with Crippen LogP contribution in [0.15, 0.2) is 24.3 Å². The Morgan fingerprint density at radius 3 is 2.52 bits per heavy atom. The minimum absolute atomic E-state index is 0.160. The van der Waals surface area contributed by atoms with Gasteiger partial charge in [0.15, 0.2) is 0 Å². The standard InChI is InChI=1S/C19H24N2O4/c1-6-25-19(23)17-12(2)16(13(3)20-17)18(22)21(4)11-14-9-7-8-10-15(14)24-5/h7-10,20H,6,11H2,1-5H3. The van der Waals surface area contributed by atoms with Gasteiger partial charge < -0.3 is 19.4 Å². The summed E-state index contributed by atoms with van der Waals surface area (Å²) in [6, 6.07) is 7.57. The second kappa shape index (κ2) is 7.88. The van der Waals surface area contributed by atoms with Gasteiger partial charge in [-0.05, 0) is 32.4 Å². The van der Waals surface area contributed by atoms with Crippen LogP contribution in [0.1, 0.15) is 44.6 Å². The molecule has 0 fully saturated rings. The van der Waals surface area contributed by atoms with E-state index in [-0.39, 0.29) is 12.5 Å². The number of hydrogen-bond acceptors (Lipinski definition) is 4. The molecule has 0 saturated heterocycles. The van der Waals surface area contributed by atoms with Gasteiger partial charge in [0.25, 0.3) is 5.91 Å². The average Bonchev–Trinajstić information content (AvgIpc) is 2.89. The van der Waals surface area contributed by atoms with E-state index in [2.05, 4.69) is 4.98 Å². The summed E-state index contributed by atoms with van der Waals surface area (Å²) in [7, 11) is 3.33. The molecule has 2 aromatic rings. The summed E-state index contributed by atoms with van der Waals surface area (Å²) in [6.45, 7) is 5.96. The summed E-state index contributed by atoms with van der Waals surface area (Å²) in [5.41, 5.74) is 3.00.